The highest BCUT2D eigenvalue weighted by molar-refractivity contribution is 7.11. The number of nitrogens with zero attached hydrogens (tertiary/aromatic N) is 5. The molecular formula is C28H30F2N6O5S. The average molecular weight is 601 g/mol. The van der Waals surface area contributed by atoms with Gasteiger partial charge in [-0.15, -0.1) is 11.3 Å². The van der Waals surface area contributed by atoms with Gasteiger partial charge in [-0.05, 0) is 37.0 Å². The zero-order valence-corrected chi connectivity index (χ0v) is 23.9. The number of ether oxygens (including phenoxy) is 1. The first-order valence-corrected chi connectivity index (χ1v) is 14.5. The number of aromatic nitrogens is 1. The van der Waals surface area contributed by atoms with Gasteiger partial charge in [0, 0.05) is 56.5 Å². The number of nitrogens with one attached hydrogen (secondary N) is 1. The number of benzene rings is 1. The molecule has 1 aliphatic carbocycles. The minimum absolute atomic E-state index is 0.0397. The summed E-state index contributed by atoms with van der Waals surface area (Å²) in [6, 6.07) is 1.18. The molecule has 3 aliphatic heterocycles. The predicted octanol–water partition coefficient (Wildman–Crippen LogP) is 2.53. The van der Waals surface area contributed by atoms with Crippen LogP contribution in [0.1, 0.15) is 35.0 Å². The van der Waals surface area contributed by atoms with Crippen molar-refractivity contribution < 1.29 is 33.0 Å². The van der Waals surface area contributed by atoms with Crippen molar-refractivity contribution in [1.29, 1.82) is 0 Å². The standard InChI is InChI=1S/C28H30F2N6O5S/c1-15-17(3-4-18(29)21(15)30)22-20(25(37)41-2)19(32-23(33-22)24-31-7-10-42-24)13-34-8-9-36-16(11-34)12-35(27(36)40)14-28(5-6-28)26(38)39/h3-4,7,10,16,22H,5-6,8-9,11-14H2,1-2H3,(H,32,33)(H,38,39)/t16-,22-/m0/s1. The monoisotopic (exact) mass is 600 g/mol. The molecule has 2 N–H and O–H groups in total. The Labute approximate surface area is 244 Å². The number of thiazole rings is 1. The first-order chi connectivity index (χ1) is 20.1. The number of rotatable bonds is 8. The minimum atomic E-state index is -1.01. The fraction of sp³-hybridized carbons (Fsp3) is 0.464. The largest absolute Gasteiger partial charge is 0.481 e. The highest BCUT2D eigenvalue weighted by Crippen LogP contribution is 2.47. The van der Waals surface area contributed by atoms with Crippen LogP contribution < -0.4 is 5.32 Å². The number of carbonyl (C=O) groups is 3. The van der Waals surface area contributed by atoms with Crippen LogP contribution in [0.5, 0.6) is 0 Å². The third-order valence-corrected chi connectivity index (χ3v) is 9.32. The zero-order valence-electron chi connectivity index (χ0n) is 23.1. The molecular weight excluding hydrogens is 570 g/mol. The van der Waals surface area contributed by atoms with Crippen molar-refractivity contribution in [2.24, 2.45) is 10.4 Å². The van der Waals surface area contributed by atoms with E-state index in [9.17, 15) is 28.3 Å². The Morgan fingerprint density at radius 1 is 1.24 bits per heavy atom. The Kier molecular flexibility index (Phi) is 7.21. The van der Waals surface area contributed by atoms with E-state index in [0.717, 1.165) is 6.07 Å². The molecule has 14 heteroatoms. The van der Waals surface area contributed by atoms with E-state index < -0.39 is 35.0 Å². The SMILES string of the molecule is COC(=O)C1=C(CN2CCN3C(=O)N(CC4(C(=O)O)CC4)C[C@@H]3C2)NC(c2nccs2)=N[C@H]1c1ccc(F)c(F)c1C. The predicted molar refractivity (Wildman–Crippen MR) is 148 cm³/mol. The third-order valence-electron chi connectivity index (χ3n) is 8.54. The number of amides is 2. The molecule has 42 heavy (non-hydrogen) atoms. The number of halogens is 2. The van der Waals surface area contributed by atoms with Crippen LogP contribution in [0.4, 0.5) is 13.6 Å². The van der Waals surface area contributed by atoms with Gasteiger partial charge in [-0.25, -0.2) is 23.4 Å². The molecule has 2 aromatic rings. The molecule has 222 valence electrons. The van der Waals surface area contributed by atoms with Gasteiger partial charge >= 0.3 is 18.0 Å². The van der Waals surface area contributed by atoms with Crippen LogP contribution in [0.25, 0.3) is 0 Å². The molecule has 4 heterocycles. The number of carboxylic acid groups (broad SMARTS) is 1. The normalized spacial score (nSPS) is 23.4. The van der Waals surface area contributed by atoms with Gasteiger partial charge in [-0.3, -0.25) is 14.7 Å². The summed E-state index contributed by atoms with van der Waals surface area (Å²) in [6.45, 7) is 3.80. The van der Waals surface area contributed by atoms with Gasteiger partial charge in [0.25, 0.3) is 0 Å². The van der Waals surface area contributed by atoms with Gasteiger partial charge in [0.1, 0.15) is 6.04 Å². The van der Waals surface area contributed by atoms with Crippen molar-refractivity contribution >= 4 is 35.1 Å². The van der Waals surface area contributed by atoms with Crippen molar-refractivity contribution in [1.82, 2.24) is 25.0 Å². The maximum absolute atomic E-state index is 14.7. The molecule has 0 unspecified atom stereocenters. The topological polar surface area (TPSA) is 128 Å². The van der Waals surface area contributed by atoms with Crippen LogP contribution in [0, 0.1) is 24.0 Å². The molecule has 2 saturated heterocycles. The molecule has 1 aromatic carbocycles. The van der Waals surface area contributed by atoms with Crippen LogP contribution in [0.2, 0.25) is 0 Å². The minimum Gasteiger partial charge on any atom is -0.481 e. The molecule has 3 fully saturated rings. The number of aliphatic imine (C=N–C) groups is 1. The zero-order chi connectivity index (χ0) is 29.8. The first-order valence-electron chi connectivity index (χ1n) is 13.6. The molecule has 1 saturated carbocycles. The summed E-state index contributed by atoms with van der Waals surface area (Å²) >= 11 is 1.34. The second kappa shape index (κ2) is 10.7. The van der Waals surface area contributed by atoms with Crippen LogP contribution in [0.3, 0.4) is 0 Å². The first kappa shape index (κ1) is 28.2. The van der Waals surface area contributed by atoms with E-state index in [0.29, 0.717) is 61.1 Å². The second-order valence-corrected chi connectivity index (χ2v) is 12.0. The number of carbonyl (C=O) groups excluding carboxylic acids is 2. The summed E-state index contributed by atoms with van der Waals surface area (Å²) in [5.74, 6) is -3.13. The number of carboxylic acids is 1. The number of hydrogen-bond donors (Lipinski definition) is 2. The molecule has 0 bridgehead atoms. The van der Waals surface area contributed by atoms with Gasteiger partial charge in [0.2, 0.25) is 0 Å². The Morgan fingerprint density at radius 3 is 2.69 bits per heavy atom. The number of fused-ring (bicyclic) bond motifs is 1. The van der Waals surface area contributed by atoms with Crippen molar-refractivity contribution in [2.45, 2.75) is 31.8 Å². The molecule has 6 rings (SSSR count). The van der Waals surface area contributed by atoms with E-state index in [1.807, 2.05) is 0 Å². The van der Waals surface area contributed by atoms with Crippen molar-refractivity contribution in [3.8, 4) is 0 Å². The maximum Gasteiger partial charge on any atom is 0.338 e. The molecule has 4 aliphatic rings. The molecule has 0 spiro atoms. The Hall–Kier alpha value is -3.91. The van der Waals surface area contributed by atoms with Gasteiger partial charge in [0.05, 0.1) is 24.1 Å². The molecule has 1 aromatic heterocycles. The lowest BCUT2D eigenvalue weighted by molar-refractivity contribution is -0.143. The van der Waals surface area contributed by atoms with Crippen molar-refractivity contribution in [2.75, 3.05) is 46.4 Å². The summed E-state index contributed by atoms with van der Waals surface area (Å²) < 4.78 is 33.8. The molecule has 11 nitrogen and oxygen atoms in total. The van der Waals surface area contributed by atoms with E-state index in [-0.39, 0.29) is 36.3 Å². The van der Waals surface area contributed by atoms with Gasteiger partial charge in [-0.1, -0.05) is 6.07 Å². The average Bonchev–Trinajstić information content (AvgIpc) is 3.42. The number of piperazine rings is 1. The van der Waals surface area contributed by atoms with Crippen molar-refractivity contribution in [3.63, 3.8) is 0 Å². The summed E-state index contributed by atoms with van der Waals surface area (Å²) in [4.78, 5) is 52.6. The molecule has 2 amide bonds. The highest BCUT2D eigenvalue weighted by Gasteiger charge is 2.54. The second-order valence-electron chi connectivity index (χ2n) is 11.1. The lowest BCUT2D eigenvalue weighted by Crippen LogP contribution is -2.53. The smallest absolute Gasteiger partial charge is 0.338 e. The number of urea groups is 1. The highest BCUT2D eigenvalue weighted by atomic mass is 32.1. The number of aliphatic carboxylic acids is 1. The lowest BCUT2D eigenvalue weighted by Gasteiger charge is -2.38. The van der Waals surface area contributed by atoms with Gasteiger partial charge in [0.15, 0.2) is 22.5 Å². The fourth-order valence-electron chi connectivity index (χ4n) is 6.01. The molecule has 2 atom stereocenters. The van der Waals surface area contributed by atoms with Crippen molar-refractivity contribution in [3.05, 3.63) is 62.7 Å². The van der Waals surface area contributed by atoms with Gasteiger partial charge in [-0.2, -0.15) is 0 Å². The van der Waals surface area contributed by atoms with E-state index in [1.54, 1.807) is 21.4 Å². The maximum atomic E-state index is 14.7. The Morgan fingerprint density at radius 2 is 2.02 bits per heavy atom. The van der Waals surface area contributed by atoms with Crippen LogP contribution in [0.15, 0.2) is 40.0 Å². The number of amidine groups is 1. The molecule has 0 radical (unpaired) electrons. The Bertz CT molecular complexity index is 1510. The van der Waals surface area contributed by atoms with E-state index in [2.05, 4.69) is 15.2 Å². The third kappa shape index (κ3) is 4.91. The summed E-state index contributed by atoms with van der Waals surface area (Å²) in [7, 11) is 1.25. The number of methoxy groups -OCH3 is 1. The lowest BCUT2D eigenvalue weighted by atomic mass is 9.92. The van der Waals surface area contributed by atoms with E-state index in [1.165, 1.54) is 31.4 Å². The van der Waals surface area contributed by atoms with Gasteiger partial charge < -0.3 is 25.0 Å². The van der Waals surface area contributed by atoms with Crippen LogP contribution in [-0.4, -0.2) is 101 Å². The summed E-state index contributed by atoms with van der Waals surface area (Å²) in [6.07, 6.45) is 2.76. The van der Waals surface area contributed by atoms with E-state index >= 15 is 0 Å². The fourth-order valence-corrected chi connectivity index (χ4v) is 6.59. The van der Waals surface area contributed by atoms with Crippen LogP contribution in [-0.2, 0) is 14.3 Å². The summed E-state index contributed by atoms with van der Waals surface area (Å²) in [5, 5.41) is 15.2. The Balaban J connectivity index is 1.29. The summed E-state index contributed by atoms with van der Waals surface area (Å²) in [5.41, 5.74) is 0.202. The quantitative estimate of drug-likeness (QED) is 0.443. The number of esters is 1. The number of hydrogen-bond acceptors (Lipinski definition) is 9. The van der Waals surface area contributed by atoms with E-state index in [4.69, 9.17) is 9.73 Å². The van der Waals surface area contributed by atoms with Crippen LogP contribution >= 0.6 is 11.3 Å².